The van der Waals surface area contributed by atoms with Crippen molar-refractivity contribution in [1.29, 1.82) is 0 Å². The molecule has 0 unspecified atom stereocenters. The van der Waals surface area contributed by atoms with Gasteiger partial charge in [-0.2, -0.15) is 4.39 Å². The maximum Gasteiger partial charge on any atom is 0.270 e. The molecular formula is C13H7FN2S. The summed E-state index contributed by atoms with van der Waals surface area (Å²) in [5.41, 5.74) is 2.69. The van der Waals surface area contributed by atoms with E-state index in [1.54, 1.807) is 17.5 Å². The van der Waals surface area contributed by atoms with Crippen LogP contribution in [-0.4, -0.2) is 4.98 Å². The van der Waals surface area contributed by atoms with Crippen LogP contribution in [0, 0.1) is 30.6 Å². The molecule has 2 aromatic rings. The second kappa shape index (κ2) is 4.78. The van der Waals surface area contributed by atoms with E-state index in [9.17, 15) is 4.39 Å². The second-order valence-electron chi connectivity index (χ2n) is 3.40. The average molecular weight is 241 g/mol. The highest BCUT2D eigenvalue weighted by Crippen LogP contribution is 2.16. The van der Waals surface area contributed by atoms with Gasteiger partial charge >= 0.3 is 0 Å². The van der Waals surface area contributed by atoms with Crippen LogP contribution in [0.5, 0.6) is 0 Å². The zero-order valence-electron chi connectivity index (χ0n) is 8.99. The number of nitrogens with zero attached hydrogens (tertiary/aromatic N) is 2. The molecule has 0 aliphatic carbocycles. The number of rotatable bonds is 0. The molecule has 1 heterocycles. The van der Waals surface area contributed by atoms with Gasteiger partial charge < -0.3 is 0 Å². The lowest BCUT2D eigenvalue weighted by Crippen LogP contribution is -1.79. The van der Waals surface area contributed by atoms with Crippen molar-refractivity contribution in [2.45, 2.75) is 6.92 Å². The van der Waals surface area contributed by atoms with E-state index >= 15 is 0 Å². The van der Waals surface area contributed by atoms with Gasteiger partial charge in [-0.3, -0.25) is 0 Å². The first-order chi connectivity index (χ1) is 8.17. The molecule has 0 saturated heterocycles. The summed E-state index contributed by atoms with van der Waals surface area (Å²) in [5, 5.41) is 1.08. The third kappa shape index (κ3) is 2.90. The summed E-state index contributed by atoms with van der Waals surface area (Å²) in [7, 11) is 0. The molecule has 2 rings (SSSR count). The highest BCUT2D eigenvalue weighted by Gasteiger charge is 1.97. The van der Waals surface area contributed by atoms with Gasteiger partial charge in [-0.15, -0.1) is 0 Å². The van der Waals surface area contributed by atoms with Crippen LogP contribution in [0.1, 0.15) is 16.8 Å². The van der Waals surface area contributed by atoms with Crippen molar-refractivity contribution in [3.8, 4) is 11.8 Å². The van der Waals surface area contributed by atoms with Crippen LogP contribution in [0.25, 0.3) is 4.85 Å². The van der Waals surface area contributed by atoms with Gasteiger partial charge in [0.05, 0.1) is 6.57 Å². The summed E-state index contributed by atoms with van der Waals surface area (Å²) < 4.78 is 12.6. The first kappa shape index (κ1) is 11.3. The van der Waals surface area contributed by atoms with Crippen LogP contribution in [-0.2, 0) is 0 Å². The molecule has 0 saturated carbocycles. The van der Waals surface area contributed by atoms with Crippen molar-refractivity contribution in [3.05, 3.63) is 57.1 Å². The molecular weight excluding hydrogens is 234 g/mol. The highest BCUT2D eigenvalue weighted by molar-refractivity contribution is 7.08. The predicted octanol–water partition coefficient (Wildman–Crippen LogP) is 3.54. The minimum absolute atomic E-state index is 0.415. The zero-order chi connectivity index (χ0) is 12.3. The topological polar surface area (TPSA) is 17.2 Å². The summed E-state index contributed by atoms with van der Waals surface area (Å²) >= 11 is 0.922. The first-order valence-electron chi connectivity index (χ1n) is 4.79. The minimum atomic E-state index is -0.486. The average Bonchev–Trinajstić information content (AvgIpc) is 2.72. The quantitative estimate of drug-likeness (QED) is 0.509. The van der Waals surface area contributed by atoms with Gasteiger partial charge in [0.25, 0.3) is 5.26 Å². The second-order valence-corrected chi connectivity index (χ2v) is 4.21. The van der Waals surface area contributed by atoms with Crippen LogP contribution in [0.4, 0.5) is 10.1 Å². The van der Waals surface area contributed by atoms with Crippen molar-refractivity contribution >= 4 is 17.0 Å². The maximum absolute atomic E-state index is 12.6. The Morgan fingerprint density at radius 3 is 2.82 bits per heavy atom. The molecule has 4 heteroatoms. The van der Waals surface area contributed by atoms with E-state index in [1.165, 1.54) is 0 Å². The molecule has 0 radical (unpaired) electrons. The fourth-order valence-electron chi connectivity index (χ4n) is 1.35. The summed E-state index contributed by atoms with van der Waals surface area (Å²) in [4.78, 5) is 6.97. The Hall–Kier alpha value is -2.17. The molecule has 1 aromatic carbocycles. The van der Waals surface area contributed by atoms with Gasteiger partial charge in [-0.05, 0) is 25.0 Å². The fraction of sp³-hybridized carbons (Fsp3) is 0.0769. The molecule has 2 nitrogen and oxygen atoms in total. The standard InChI is InChI=1S/C13H7FN2S/c1-9-5-10(7-12(6-9)15-2)3-4-11-8-17-13(14)16-11/h5-8H,1H3/i14-1. The van der Waals surface area contributed by atoms with Gasteiger partial charge in [-0.1, -0.05) is 28.9 Å². The third-order valence-corrected chi connectivity index (χ3v) is 2.63. The van der Waals surface area contributed by atoms with Gasteiger partial charge in [0.1, 0.15) is 5.69 Å². The molecule has 0 bridgehead atoms. The highest BCUT2D eigenvalue weighted by atomic mass is 32.1. The van der Waals surface area contributed by atoms with Crippen LogP contribution < -0.4 is 0 Å². The maximum atomic E-state index is 12.6. The number of halogens is 1. The van der Waals surface area contributed by atoms with E-state index in [4.69, 9.17) is 6.57 Å². The van der Waals surface area contributed by atoms with E-state index in [-0.39, 0.29) is 0 Å². The molecule has 82 valence electrons. The number of benzene rings is 1. The van der Waals surface area contributed by atoms with E-state index in [0.29, 0.717) is 11.4 Å². The summed E-state index contributed by atoms with van der Waals surface area (Å²) in [6, 6.07) is 5.38. The minimum Gasteiger partial charge on any atom is -0.238 e. The largest absolute Gasteiger partial charge is 0.270 e. The molecule has 0 atom stereocenters. The molecule has 0 amide bonds. The smallest absolute Gasteiger partial charge is 0.238 e. The number of thiazole rings is 1. The van der Waals surface area contributed by atoms with Crippen molar-refractivity contribution in [3.63, 3.8) is 0 Å². The third-order valence-electron chi connectivity index (χ3n) is 2.00. The lowest BCUT2D eigenvalue weighted by atomic mass is 10.1. The Labute approximate surface area is 103 Å². The van der Waals surface area contributed by atoms with Crippen LogP contribution in [0.3, 0.4) is 0 Å². The molecule has 0 fully saturated rings. The molecule has 0 aliphatic rings. The Kier molecular flexibility index (Phi) is 3.18. The fourth-order valence-corrected chi connectivity index (χ4v) is 1.82. The lowest BCUT2D eigenvalue weighted by Gasteiger charge is -1.95. The molecule has 0 N–H and O–H groups in total. The van der Waals surface area contributed by atoms with E-state index in [1.807, 2.05) is 13.0 Å². The molecule has 1 aromatic heterocycles. The number of aryl methyl sites for hydroxylation is 1. The Bertz CT molecular complexity index is 656. The van der Waals surface area contributed by atoms with Crippen molar-refractivity contribution < 1.29 is 4.39 Å². The normalized spacial score (nSPS) is 9.24. The number of hydrogen-bond acceptors (Lipinski definition) is 2. The molecule has 0 spiro atoms. The van der Waals surface area contributed by atoms with Gasteiger partial charge in [0.2, 0.25) is 0 Å². The van der Waals surface area contributed by atoms with E-state index < -0.39 is 5.26 Å². The Balaban J connectivity index is 2.34. The van der Waals surface area contributed by atoms with E-state index in [0.717, 1.165) is 22.5 Å². The Morgan fingerprint density at radius 1 is 1.35 bits per heavy atom. The summed E-state index contributed by atoms with van der Waals surface area (Å²) in [6.07, 6.45) is 0. The summed E-state index contributed by atoms with van der Waals surface area (Å²) in [6.45, 7) is 8.86. The lowest BCUT2D eigenvalue weighted by molar-refractivity contribution is 0.616. The predicted molar refractivity (Wildman–Crippen MR) is 65.5 cm³/mol. The van der Waals surface area contributed by atoms with Crippen molar-refractivity contribution in [2.24, 2.45) is 0 Å². The zero-order valence-corrected chi connectivity index (χ0v) is 9.81. The van der Waals surface area contributed by atoms with Crippen molar-refractivity contribution in [2.75, 3.05) is 0 Å². The molecule has 0 aliphatic heterocycles. The van der Waals surface area contributed by atoms with Crippen LogP contribution >= 0.6 is 11.3 Å². The monoisotopic (exact) mass is 241 g/mol. The van der Waals surface area contributed by atoms with Crippen molar-refractivity contribution in [1.82, 2.24) is 4.98 Å². The summed E-state index contributed by atoms with van der Waals surface area (Å²) in [5.74, 6) is 5.64. The number of hydrogen-bond donors (Lipinski definition) is 0. The number of aromatic nitrogens is 1. The first-order valence-corrected chi connectivity index (χ1v) is 5.67. The Morgan fingerprint density at radius 2 is 2.18 bits per heavy atom. The van der Waals surface area contributed by atoms with Gasteiger partial charge in [0.15, 0.2) is 5.69 Å². The van der Waals surface area contributed by atoms with Crippen LogP contribution in [0.15, 0.2) is 23.6 Å². The van der Waals surface area contributed by atoms with Gasteiger partial charge in [-0.25, -0.2) is 9.83 Å². The van der Waals surface area contributed by atoms with Gasteiger partial charge in [0, 0.05) is 10.9 Å². The molecule has 17 heavy (non-hydrogen) atoms. The SMILES string of the molecule is [C-]#[N+]c1cc(C)cc(C#Cc2csc([18F])n2)c1. The van der Waals surface area contributed by atoms with E-state index in [2.05, 4.69) is 21.7 Å². The van der Waals surface area contributed by atoms with Crippen LogP contribution in [0.2, 0.25) is 0 Å².